The van der Waals surface area contributed by atoms with Gasteiger partial charge in [-0.2, -0.15) is 0 Å². The van der Waals surface area contributed by atoms with Crippen LogP contribution in [0.4, 0.5) is 0 Å². The van der Waals surface area contributed by atoms with Gasteiger partial charge in [0.25, 0.3) is 0 Å². The monoisotopic (exact) mass is 235 g/mol. The van der Waals surface area contributed by atoms with E-state index in [1.807, 2.05) is 0 Å². The second-order valence-corrected chi connectivity index (χ2v) is 11.6. The topological polar surface area (TPSA) is 3.24 Å². The standard InChI is InChI=1S/C14H25NSi/c1-12(16(4,5)6)14-10-8-7-9-13(14)11-15(2)3/h7-10,12H,11H2,1-6H3/t12-/m0/s1. The summed E-state index contributed by atoms with van der Waals surface area (Å²) in [5, 5.41) is 0. The third-order valence-electron chi connectivity index (χ3n) is 3.31. The van der Waals surface area contributed by atoms with Crippen LogP contribution in [0.25, 0.3) is 0 Å². The molecule has 0 amide bonds. The van der Waals surface area contributed by atoms with Crippen LogP contribution in [-0.2, 0) is 6.54 Å². The lowest BCUT2D eigenvalue weighted by molar-refractivity contribution is 0.401. The maximum absolute atomic E-state index is 2.45. The molecule has 0 heterocycles. The highest BCUT2D eigenvalue weighted by Crippen LogP contribution is 2.29. The van der Waals surface area contributed by atoms with E-state index in [1.54, 1.807) is 5.56 Å². The lowest BCUT2D eigenvalue weighted by Crippen LogP contribution is -2.30. The van der Waals surface area contributed by atoms with Crippen LogP contribution in [-0.4, -0.2) is 27.1 Å². The summed E-state index contributed by atoms with van der Waals surface area (Å²) in [5.41, 5.74) is 3.77. The molecule has 1 atom stereocenters. The molecular formula is C14H25NSi. The largest absolute Gasteiger partial charge is 0.305 e. The van der Waals surface area contributed by atoms with Crippen LogP contribution in [0.3, 0.4) is 0 Å². The Labute approximate surface area is 101 Å². The summed E-state index contributed by atoms with van der Waals surface area (Å²) >= 11 is 0. The highest BCUT2D eigenvalue weighted by Gasteiger charge is 2.25. The molecule has 0 spiro atoms. The van der Waals surface area contributed by atoms with Gasteiger partial charge in [-0.3, -0.25) is 0 Å². The first-order chi connectivity index (χ1) is 7.32. The number of nitrogens with zero attached hydrogens (tertiary/aromatic N) is 1. The zero-order chi connectivity index (χ0) is 12.3. The number of rotatable bonds is 4. The SMILES string of the molecule is C[C@@H](c1ccccc1CN(C)C)[Si](C)(C)C. The molecule has 0 aliphatic rings. The minimum atomic E-state index is -1.10. The molecule has 0 saturated heterocycles. The van der Waals surface area contributed by atoms with E-state index in [4.69, 9.17) is 0 Å². The molecule has 90 valence electrons. The highest BCUT2D eigenvalue weighted by atomic mass is 28.3. The fourth-order valence-electron chi connectivity index (χ4n) is 1.91. The predicted octanol–water partition coefficient (Wildman–Crippen LogP) is 3.73. The van der Waals surface area contributed by atoms with Gasteiger partial charge in [0.15, 0.2) is 0 Å². The molecule has 1 nitrogen and oxygen atoms in total. The first-order valence-corrected chi connectivity index (χ1v) is 9.62. The van der Waals surface area contributed by atoms with Crippen LogP contribution >= 0.6 is 0 Å². The van der Waals surface area contributed by atoms with E-state index < -0.39 is 8.07 Å². The van der Waals surface area contributed by atoms with Crippen LogP contribution in [0.1, 0.15) is 23.6 Å². The van der Waals surface area contributed by atoms with Gasteiger partial charge in [0.05, 0.1) is 8.07 Å². The molecule has 0 aromatic heterocycles. The van der Waals surface area contributed by atoms with Gasteiger partial charge in [-0.25, -0.2) is 0 Å². The van der Waals surface area contributed by atoms with Crippen LogP contribution in [0.5, 0.6) is 0 Å². The van der Waals surface area contributed by atoms with Crippen molar-refractivity contribution in [3.05, 3.63) is 35.4 Å². The van der Waals surface area contributed by atoms with E-state index in [0.29, 0.717) is 0 Å². The predicted molar refractivity (Wildman–Crippen MR) is 75.6 cm³/mol. The van der Waals surface area contributed by atoms with Gasteiger partial charge < -0.3 is 4.90 Å². The average molecular weight is 235 g/mol. The molecule has 0 N–H and O–H groups in total. The Hall–Kier alpha value is -0.603. The summed E-state index contributed by atoms with van der Waals surface area (Å²) in [4.78, 5) is 2.25. The molecule has 0 radical (unpaired) electrons. The van der Waals surface area contributed by atoms with Crippen LogP contribution in [0.15, 0.2) is 24.3 Å². The van der Waals surface area contributed by atoms with Gasteiger partial charge >= 0.3 is 0 Å². The van der Waals surface area contributed by atoms with E-state index >= 15 is 0 Å². The Morgan fingerprint density at radius 3 is 2.19 bits per heavy atom. The average Bonchev–Trinajstić information content (AvgIpc) is 2.15. The maximum atomic E-state index is 2.45. The van der Waals surface area contributed by atoms with Gasteiger partial charge in [0.2, 0.25) is 0 Å². The van der Waals surface area contributed by atoms with Gasteiger partial charge in [-0.15, -0.1) is 0 Å². The molecule has 16 heavy (non-hydrogen) atoms. The Kier molecular flexibility index (Phi) is 4.33. The summed E-state index contributed by atoms with van der Waals surface area (Å²) in [6.45, 7) is 10.8. The molecule has 0 fully saturated rings. The van der Waals surface area contributed by atoms with Crippen molar-refractivity contribution in [2.75, 3.05) is 14.1 Å². The fourth-order valence-corrected chi connectivity index (χ4v) is 3.12. The van der Waals surface area contributed by atoms with Crippen LogP contribution in [0.2, 0.25) is 19.6 Å². The second kappa shape index (κ2) is 5.15. The summed E-state index contributed by atoms with van der Waals surface area (Å²) < 4.78 is 0. The van der Waals surface area contributed by atoms with Gasteiger partial charge in [0, 0.05) is 6.54 Å². The zero-order valence-corrected chi connectivity index (χ0v) is 12.5. The highest BCUT2D eigenvalue weighted by molar-refractivity contribution is 6.77. The minimum Gasteiger partial charge on any atom is -0.305 e. The molecule has 1 rings (SSSR count). The number of benzene rings is 1. The number of hydrogen-bond acceptors (Lipinski definition) is 1. The molecule has 0 aliphatic carbocycles. The van der Waals surface area contributed by atoms with Crippen molar-refractivity contribution >= 4 is 8.07 Å². The van der Waals surface area contributed by atoms with Crippen molar-refractivity contribution in [3.8, 4) is 0 Å². The zero-order valence-electron chi connectivity index (χ0n) is 11.5. The lowest BCUT2D eigenvalue weighted by atomic mass is 10.0. The molecule has 0 bridgehead atoms. The Bertz CT molecular complexity index is 339. The van der Waals surface area contributed by atoms with E-state index in [0.717, 1.165) is 12.1 Å². The van der Waals surface area contributed by atoms with E-state index in [1.165, 1.54) is 5.56 Å². The summed E-state index contributed by atoms with van der Waals surface area (Å²) in [6, 6.07) is 8.90. The molecular weight excluding hydrogens is 210 g/mol. The smallest absolute Gasteiger partial charge is 0.0518 e. The molecule has 1 aromatic rings. The summed E-state index contributed by atoms with van der Waals surface area (Å²) in [7, 11) is 3.17. The van der Waals surface area contributed by atoms with Crippen molar-refractivity contribution < 1.29 is 0 Å². The minimum absolute atomic E-state index is 0.726. The molecule has 0 saturated carbocycles. The van der Waals surface area contributed by atoms with E-state index in [2.05, 4.69) is 69.8 Å². The third kappa shape index (κ3) is 3.46. The van der Waals surface area contributed by atoms with Crippen molar-refractivity contribution in [1.82, 2.24) is 4.90 Å². The molecule has 0 aliphatic heterocycles. The van der Waals surface area contributed by atoms with E-state index in [-0.39, 0.29) is 0 Å². The van der Waals surface area contributed by atoms with E-state index in [9.17, 15) is 0 Å². The third-order valence-corrected chi connectivity index (χ3v) is 6.22. The number of hydrogen-bond donors (Lipinski definition) is 0. The maximum Gasteiger partial charge on any atom is 0.0518 e. The lowest BCUT2D eigenvalue weighted by Gasteiger charge is -2.28. The summed E-state index contributed by atoms with van der Waals surface area (Å²) in [6.07, 6.45) is 0. The molecule has 0 unspecified atom stereocenters. The summed E-state index contributed by atoms with van der Waals surface area (Å²) in [5.74, 6) is 0. The van der Waals surface area contributed by atoms with Crippen molar-refractivity contribution in [2.45, 2.75) is 38.7 Å². The first kappa shape index (κ1) is 13.5. The quantitative estimate of drug-likeness (QED) is 0.719. The second-order valence-electron chi connectivity index (χ2n) is 6.02. The van der Waals surface area contributed by atoms with Crippen LogP contribution in [0, 0.1) is 0 Å². The normalized spacial score (nSPS) is 14.2. The molecule has 2 heteroatoms. The van der Waals surface area contributed by atoms with Crippen molar-refractivity contribution in [3.63, 3.8) is 0 Å². The Morgan fingerprint density at radius 2 is 1.69 bits per heavy atom. The molecule has 1 aromatic carbocycles. The van der Waals surface area contributed by atoms with Crippen LogP contribution < -0.4 is 0 Å². The van der Waals surface area contributed by atoms with Gasteiger partial charge in [0.1, 0.15) is 0 Å². The Morgan fingerprint density at radius 1 is 1.12 bits per heavy atom. The van der Waals surface area contributed by atoms with Crippen molar-refractivity contribution in [2.24, 2.45) is 0 Å². The van der Waals surface area contributed by atoms with Gasteiger partial charge in [-0.05, 0) is 30.8 Å². The van der Waals surface area contributed by atoms with Crippen molar-refractivity contribution in [1.29, 1.82) is 0 Å². The fraction of sp³-hybridized carbons (Fsp3) is 0.571. The first-order valence-electron chi connectivity index (χ1n) is 6.05. The van der Waals surface area contributed by atoms with Gasteiger partial charge in [-0.1, -0.05) is 50.8 Å². The Balaban J connectivity index is 3.03.